The molecule has 0 saturated carbocycles. The zero-order chi connectivity index (χ0) is 25.4. The monoisotopic (exact) mass is 499 g/mol. The average Bonchev–Trinajstić information content (AvgIpc) is 3.41. The molecule has 4 heterocycles. The number of aryl methyl sites for hydroxylation is 2. The Morgan fingerprint density at radius 2 is 1.89 bits per heavy atom. The minimum atomic E-state index is -2.83. The molecule has 0 unspecified atom stereocenters. The number of ether oxygens (including phenoxy) is 2. The van der Waals surface area contributed by atoms with Gasteiger partial charge in [-0.15, -0.1) is 0 Å². The molecule has 3 aromatic heterocycles. The molecule has 0 spiro atoms. The van der Waals surface area contributed by atoms with Crippen LogP contribution in [0.25, 0.3) is 33.1 Å². The molecule has 4 aromatic rings. The van der Waals surface area contributed by atoms with Crippen molar-refractivity contribution in [1.82, 2.24) is 24.6 Å². The Morgan fingerprint density at radius 3 is 2.56 bits per heavy atom. The van der Waals surface area contributed by atoms with E-state index in [1.165, 1.54) is 6.42 Å². The Hall–Kier alpha value is -3.11. The second-order valence-corrected chi connectivity index (χ2v) is 9.44. The molecular formula is C26H31F2N5O3. The summed E-state index contributed by atoms with van der Waals surface area (Å²) in [5.41, 5.74) is 4.76. The van der Waals surface area contributed by atoms with Crippen LogP contribution in [0.3, 0.4) is 0 Å². The lowest BCUT2D eigenvalue weighted by Gasteiger charge is -2.27. The summed E-state index contributed by atoms with van der Waals surface area (Å²) in [6, 6.07) is 3.54. The minimum absolute atomic E-state index is 0.131. The van der Waals surface area contributed by atoms with Crippen molar-refractivity contribution < 1.29 is 22.8 Å². The topological polar surface area (TPSA) is 78.4 Å². The molecule has 1 aromatic carbocycles. The second-order valence-electron chi connectivity index (χ2n) is 9.44. The molecule has 192 valence electrons. The van der Waals surface area contributed by atoms with E-state index in [2.05, 4.69) is 10.1 Å². The Labute approximate surface area is 208 Å². The SMILES string of the molecule is COc1cc2c(cc1-c1c(C)noc1C)ncc1nc(CN3CCCCC3)n([C@@H](C)COC(F)F)c12. The van der Waals surface area contributed by atoms with Crippen LogP contribution in [0.5, 0.6) is 5.75 Å². The summed E-state index contributed by atoms with van der Waals surface area (Å²) in [6.07, 6.45) is 5.28. The van der Waals surface area contributed by atoms with Crippen molar-refractivity contribution in [2.75, 3.05) is 26.8 Å². The predicted molar refractivity (Wildman–Crippen MR) is 132 cm³/mol. The van der Waals surface area contributed by atoms with Gasteiger partial charge in [0.05, 0.1) is 54.8 Å². The van der Waals surface area contributed by atoms with Gasteiger partial charge in [0.2, 0.25) is 0 Å². The molecule has 36 heavy (non-hydrogen) atoms. The first-order valence-electron chi connectivity index (χ1n) is 12.3. The van der Waals surface area contributed by atoms with Crippen LogP contribution in [0, 0.1) is 13.8 Å². The molecule has 0 bridgehead atoms. The van der Waals surface area contributed by atoms with Crippen molar-refractivity contribution in [3.8, 4) is 16.9 Å². The molecular weight excluding hydrogens is 468 g/mol. The fourth-order valence-electron chi connectivity index (χ4n) is 5.27. The van der Waals surface area contributed by atoms with Crippen LogP contribution in [0.4, 0.5) is 8.78 Å². The number of rotatable bonds is 8. The molecule has 10 heteroatoms. The lowest BCUT2D eigenvalue weighted by atomic mass is 10.0. The number of methoxy groups -OCH3 is 1. The zero-order valence-electron chi connectivity index (χ0n) is 21.1. The van der Waals surface area contributed by atoms with Gasteiger partial charge >= 0.3 is 6.61 Å². The van der Waals surface area contributed by atoms with E-state index in [-0.39, 0.29) is 12.6 Å². The van der Waals surface area contributed by atoms with Gasteiger partial charge in [0.1, 0.15) is 22.9 Å². The molecule has 0 N–H and O–H groups in total. The number of pyridine rings is 1. The molecule has 1 fully saturated rings. The van der Waals surface area contributed by atoms with Gasteiger partial charge in [-0.05, 0) is 58.8 Å². The second kappa shape index (κ2) is 10.1. The maximum atomic E-state index is 12.9. The lowest BCUT2D eigenvalue weighted by Crippen LogP contribution is -2.31. The highest BCUT2D eigenvalue weighted by molar-refractivity contribution is 6.05. The van der Waals surface area contributed by atoms with E-state index in [1.54, 1.807) is 13.3 Å². The standard InChI is InChI=1S/C26H31F2N5O3/c1-15(14-35-26(27)28)33-23(13-32-8-6-5-7-9-32)30-21-12-29-20-10-19(24-16(2)31-36-17(24)3)22(34-4)11-18(20)25(21)33/h10-12,15,26H,5-9,13-14H2,1-4H3/t15-/m0/s1. The number of hydrogen-bond acceptors (Lipinski definition) is 7. The number of aromatic nitrogens is 4. The zero-order valence-corrected chi connectivity index (χ0v) is 21.1. The highest BCUT2D eigenvalue weighted by Crippen LogP contribution is 2.39. The Bertz CT molecular complexity index is 1360. The number of nitrogens with zero attached hydrogens (tertiary/aromatic N) is 5. The third-order valence-electron chi connectivity index (χ3n) is 6.93. The van der Waals surface area contributed by atoms with Crippen LogP contribution in [0.1, 0.15) is 49.5 Å². The van der Waals surface area contributed by atoms with Crippen molar-refractivity contribution in [1.29, 1.82) is 0 Å². The van der Waals surface area contributed by atoms with Gasteiger partial charge in [-0.2, -0.15) is 8.78 Å². The largest absolute Gasteiger partial charge is 0.496 e. The molecule has 1 aliphatic heterocycles. The van der Waals surface area contributed by atoms with Gasteiger partial charge in [-0.25, -0.2) is 4.98 Å². The van der Waals surface area contributed by atoms with Gasteiger partial charge in [0.25, 0.3) is 0 Å². The van der Waals surface area contributed by atoms with Crippen molar-refractivity contribution in [2.24, 2.45) is 0 Å². The van der Waals surface area contributed by atoms with Crippen molar-refractivity contribution >= 4 is 21.9 Å². The van der Waals surface area contributed by atoms with Gasteiger partial charge in [-0.1, -0.05) is 11.6 Å². The third-order valence-corrected chi connectivity index (χ3v) is 6.93. The first-order chi connectivity index (χ1) is 17.4. The van der Waals surface area contributed by atoms with Gasteiger partial charge in [0.15, 0.2) is 0 Å². The fraction of sp³-hybridized carbons (Fsp3) is 0.500. The molecule has 5 rings (SSSR count). The Balaban J connectivity index is 1.69. The average molecular weight is 500 g/mol. The van der Waals surface area contributed by atoms with E-state index in [0.717, 1.165) is 65.0 Å². The van der Waals surface area contributed by atoms with E-state index in [4.69, 9.17) is 24.0 Å². The van der Waals surface area contributed by atoms with E-state index < -0.39 is 6.61 Å². The minimum Gasteiger partial charge on any atom is -0.496 e. The summed E-state index contributed by atoms with van der Waals surface area (Å²) in [6.45, 7) is 5.31. The normalized spacial score (nSPS) is 15.9. The van der Waals surface area contributed by atoms with Crippen LogP contribution < -0.4 is 4.74 Å². The van der Waals surface area contributed by atoms with Crippen molar-refractivity contribution in [3.63, 3.8) is 0 Å². The lowest BCUT2D eigenvalue weighted by molar-refractivity contribution is -0.135. The molecule has 1 saturated heterocycles. The number of alkyl halides is 2. The summed E-state index contributed by atoms with van der Waals surface area (Å²) in [7, 11) is 1.62. The molecule has 1 atom stereocenters. The summed E-state index contributed by atoms with van der Waals surface area (Å²) < 4.78 is 43.8. The molecule has 0 radical (unpaired) electrons. The molecule has 8 nitrogen and oxygen atoms in total. The van der Waals surface area contributed by atoms with Gasteiger partial charge in [-0.3, -0.25) is 9.88 Å². The summed E-state index contributed by atoms with van der Waals surface area (Å²) >= 11 is 0. The third kappa shape index (κ3) is 4.55. The number of benzene rings is 1. The van der Waals surface area contributed by atoms with E-state index in [9.17, 15) is 8.78 Å². The van der Waals surface area contributed by atoms with Crippen LogP contribution in [0.2, 0.25) is 0 Å². The van der Waals surface area contributed by atoms with E-state index >= 15 is 0 Å². The van der Waals surface area contributed by atoms with Crippen molar-refractivity contribution in [2.45, 2.75) is 59.2 Å². The van der Waals surface area contributed by atoms with Crippen molar-refractivity contribution in [3.05, 3.63) is 35.6 Å². The highest BCUT2D eigenvalue weighted by Gasteiger charge is 2.24. The predicted octanol–water partition coefficient (Wildman–Crippen LogP) is 5.65. The summed E-state index contributed by atoms with van der Waals surface area (Å²) in [5.74, 6) is 2.16. The van der Waals surface area contributed by atoms with Crippen LogP contribution in [0.15, 0.2) is 22.9 Å². The van der Waals surface area contributed by atoms with E-state index in [0.29, 0.717) is 23.6 Å². The molecule has 0 amide bonds. The van der Waals surface area contributed by atoms with Crippen LogP contribution in [-0.2, 0) is 11.3 Å². The quantitative estimate of drug-likeness (QED) is 0.310. The highest BCUT2D eigenvalue weighted by atomic mass is 19.3. The smallest absolute Gasteiger partial charge is 0.345 e. The summed E-state index contributed by atoms with van der Waals surface area (Å²) in [5, 5.41) is 4.92. The first kappa shape index (κ1) is 24.6. The molecule has 1 aliphatic rings. The number of piperidine rings is 1. The summed E-state index contributed by atoms with van der Waals surface area (Å²) in [4.78, 5) is 12.0. The fourth-order valence-corrected chi connectivity index (χ4v) is 5.27. The number of likely N-dealkylation sites (tertiary alicyclic amines) is 1. The van der Waals surface area contributed by atoms with Gasteiger partial charge < -0.3 is 18.6 Å². The van der Waals surface area contributed by atoms with Gasteiger partial charge in [0, 0.05) is 10.9 Å². The first-order valence-corrected chi connectivity index (χ1v) is 12.3. The number of imidazole rings is 1. The molecule has 0 aliphatic carbocycles. The number of hydrogen-bond donors (Lipinski definition) is 0. The number of fused-ring (bicyclic) bond motifs is 3. The van der Waals surface area contributed by atoms with E-state index in [1.807, 2.05) is 37.5 Å². The number of halogens is 2. The van der Waals surface area contributed by atoms with Crippen LogP contribution in [-0.4, -0.2) is 58.0 Å². The van der Waals surface area contributed by atoms with Crippen LogP contribution >= 0.6 is 0 Å². The maximum Gasteiger partial charge on any atom is 0.345 e. The Morgan fingerprint density at radius 1 is 1.11 bits per heavy atom. The maximum absolute atomic E-state index is 12.9. The Kier molecular flexibility index (Phi) is 6.90.